The monoisotopic (exact) mass is 310 g/mol. The first-order chi connectivity index (χ1) is 10.2. The number of nitrogens with zero attached hydrogens (tertiary/aromatic N) is 3. The first-order valence-corrected chi connectivity index (χ1v) is 8.37. The summed E-state index contributed by atoms with van der Waals surface area (Å²) in [5.74, 6) is 0.576. The summed E-state index contributed by atoms with van der Waals surface area (Å²) in [4.78, 5) is 20.8. The van der Waals surface area contributed by atoms with E-state index in [4.69, 9.17) is 4.74 Å². The minimum absolute atomic E-state index is 0.0196. The van der Waals surface area contributed by atoms with Crippen LogP contribution in [0.3, 0.4) is 0 Å². The van der Waals surface area contributed by atoms with Gasteiger partial charge in [0.15, 0.2) is 5.13 Å². The highest BCUT2D eigenvalue weighted by molar-refractivity contribution is 7.13. The van der Waals surface area contributed by atoms with Crippen LogP contribution >= 0.6 is 11.3 Å². The molecular formula is C14H22N4O2S. The Morgan fingerprint density at radius 2 is 2.29 bits per heavy atom. The molecule has 0 unspecified atom stereocenters. The Bertz CT molecular complexity index is 487. The normalized spacial score (nSPS) is 23.5. The number of hydrogen-bond acceptors (Lipinski definition) is 5. The van der Waals surface area contributed by atoms with Crippen LogP contribution in [-0.2, 0) is 4.74 Å². The zero-order valence-corrected chi connectivity index (χ0v) is 13.2. The summed E-state index contributed by atoms with van der Waals surface area (Å²) in [6.07, 6.45) is 1.08. The van der Waals surface area contributed by atoms with E-state index in [9.17, 15) is 4.79 Å². The molecule has 1 N–H and O–H groups in total. The molecule has 0 spiro atoms. The number of carbonyl (C=O) groups excluding carboxylic acids is 1. The standard InChI is InChI=1S/C14H22N4O2S/c1-11-10-21-13(15-11)16-14(19)18-3-2-12(9-18)8-17-4-6-20-7-5-17/h10,12H,2-9H2,1H3,(H,15,16,19)/t12-/m1/s1. The molecule has 0 aromatic carbocycles. The van der Waals surface area contributed by atoms with Crippen molar-refractivity contribution in [2.75, 3.05) is 51.3 Å². The van der Waals surface area contributed by atoms with Gasteiger partial charge < -0.3 is 9.64 Å². The molecule has 2 aliphatic heterocycles. The van der Waals surface area contributed by atoms with Crippen LogP contribution in [0.5, 0.6) is 0 Å². The molecule has 0 radical (unpaired) electrons. The van der Waals surface area contributed by atoms with Crippen molar-refractivity contribution in [3.8, 4) is 0 Å². The molecule has 2 fully saturated rings. The number of ether oxygens (including phenoxy) is 1. The lowest BCUT2D eigenvalue weighted by molar-refractivity contribution is 0.0314. The molecule has 3 rings (SSSR count). The van der Waals surface area contributed by atoms with E-state index < -0.39 is 0 Å². The number of rotatable bonds is 3. The van der Waals surface area contributed by atoms with Crippen LogP contribution in [0.2, 0.25) is 0 Å². The van der Waals surface area contributed by atoms with Gasteiger partial charge >= 0.3 is 6.03 Å². The molecule has 0 saturated carbocycles. The first kappa shape index (κ1) is 14.7. The van der Waals surface area contributed by atoms with E-state index in [1.165, 1.54) is 11.3 Å². The second-order valence-corrected chi connectivity index (χ2v) is 6.60. The number of likely N-dealkylation sites (tertiary alicyclic amines) is 1. The third-order valence-corrected chi connectivity index (χ3v) is 4.90. The van der Waals surface area contributed by atoms with Crippen molar-refractivity contribution < 1.29 is 9.53 Å². The molecule has 21 heavy (non-hydrogen) atoms. The zero-order chi connectivity index (χ0) is 14.7. The Labute approximate surface area is 129 Å². The molecule has 6 nitrogen and oxygen atoms in total. The SMILES string of the molecule is Cc1csc(NC(=O)N2CC[C@H](CN3CCOCC3)C2)n1. The van der Waals surface area contributed by atoms with E-state index in [0.29, 0.717) is 11.0 Å². The minimum Gasteiger partial charge on any atom is -0.379 e. The number of amides is 2. The van der Waals surface area contributed by atoms with Crippen molar-refractivity contribution in [1.82, 2.24) is 14.8 Å². The smallest absolute Gasteiger partial charge is 0.323 e. The topological polar surface area (TPSA) is 57.7 Å². The molecule has 2 amide bonds. The lowest BCUT2D eigenvalue weighted by Crippen LogP contribution is -2.40. The average Bonchev–Trinajstić information content (AvgIpc) is 3.09. The van der Waals surface area contributed by atoms with Crippen LogP contribution in [0.15, 0.2) is 5.38 Å². The van der Waals surface area contributed by atoms with Crippen molar-refractivity contribution >= 4 is 22.5 Å². The van der Waals surface area contributed by atoms with Gasteiger partial charge in [0.25, 0.3) is 0 Å². The molecule has 1 atom stereocenters. The summed E-state index contributed by atoms with van der Waals surface area (Å²) in [6.45, 7) is 8.38. The van der Waals surface area contributed by atoms with Crippen LogP contribution in [-0.4, -0.2) is 66.8 Å². The Morgan fingerprint density at radius 1 is 1.48 bits per heavy atom. The number of thiazole rings is 1. The van der Waals surface area contributed by atoms with Crippen molar-refractivity contribution in [2.24, 2.45) is 5.92 Å². The summed E-state index contributed by atoms with van der Waals surface area (Å²) in [5, 5.41) is 5.52. The maximum absolute atomic E-state index is 12.2. The molecule has 2 aliphatic rings. The molecule has 3 heterocycles. The fourth-order valence-corrected chi connectivity index (χ4v) is 3.57. The number of aromatic nitrogens is 1. The van der Waals surface area contributed by atoms with E-state index in [-0.39, 0.29) is 6.03 Å². The highest BCUT2D eigenvalue weighted by atomic mass is 32.1. The molecule has 0 bridgehead atoms. The fourth-order valence-electron chi connectivity index (χ4n) is 2.90. The molecule has 7 heteroatoms. The van der Waals surface area contributed by atoms with Gasteiger partial charge in [-0.25, -0.2) is 9.78 Å². The number of nitrogens with one attached hydrogen (secondary N) is 1. The van der Waals surface area contributed by atoms with Gasteiger partial charge in [0.2, 0.25) is 0 Å². The third kappa shape index (κ3) is 3.93. The maximum Gasteiger partial charge on any atom is 0.323 e. The lowest BCUT2D eigenvalue weighted by Gasteiger charge is -2.29. The van der Waals surface area contributed by atoms with Crippen LogP contribution in [0, 0.1) is 12.8 Å². The van der Waals surface area contributed by atoms with E-state index in [1.807, 2.05) is 17.2 Å². The van der Waals surface area contributed by atoms with E-state index in [0.717, 1.165) is 58.1 Å². The molecule has 2 saturated heterocycles. The van der Waals surface area contributed by atoms with Crippen LogP contribution in [0.1, 0.15) is 12.1 Å². The quantitative estimate of drug-likeness (QED) is 0.922. The van der Waals surface area contributed by atoms with E-state index in [2.05, 4.69) is 15.2 Å². The van der Waals surface area contributed by atoms with Gasteiger partial charge in [-0.1, -0.05) is 0 Å². The summed E-state index contributed by atoms with van der Waals surface area (Å²) < 4.78 is 5.37. The number of hydrogen-bond donors (Lipinski definition) is 1. The van der Waals surface area contributed by atoms with Gasteiger partial charge in [0, 0.05) is 38.1 Å². The molecule has 1 aromatic heterocycles. The van der Waals surface area contributed by atoms with Crippen molar-refractivity contribution in [3.05, 3.63) is 11.1 Å². The Balaban J connectivity index is 1.46. The number of carbonyl (C=O) groups is 1. The highest BCUT2D eigenvalue weighted by Gasteiger charge is 2.28. The summed E-state index contributed by atoms with van der Waals surface area (Å²) in [5.41, 5.74) is 0.946. The van der Waals surface area contributed by atoms with Gasteiger partial charge in [-0.05, 0) is 19.3 Å². The van der Waals surface area contributed by atoms with Gasteiger partial charge in [-0.15, -0.1) is 11.3 Å². The fraction of sp³-hybridized carbons (Fsp3) is 0.714. The van der Waals surface area contributed by atoms with Crippen LogP contribution in [0.25, 0.3) is 0 Å². The average molecular weight is 310 g/mol. The zero-order valence-electron chi connectivity index (χ0n) is 12.4. The summed E-state index contributed by atoms with van der Waals surface area (Å²) >= 11 is 1.47. The van der Waals surface area contributed by atoms with Gasteiger partial charge in [0.1, 0.15) is 0 Å². The largest absolute Gasteiger partial charge is 0.379 e. The van der Waals surface area contributed by atoms with Gasteiger partial charge in [-0.2, -0.15) is 0 Å². The maximum atomic E-state index is 12.2. The predicted molar refractivity (Wildman–Crippen MR) is 82.8 cm³/mol. The number of morpholine rings is 1. The Morgan fingerprint density at radius 3 is 3.00 bits per heavy atom. The van der Waals surface area contributed by atoms with Crippen molar-refractivity contribution in [2.45, 2.75) is 13.3 Å². The highest BCUT2D eigenvalue weighted by Crippen LogP contribution is 2.20. The van der Waals surface area contributed by atoms with E-state index in [1.54, 1.807) is 0 Å². The Kier molecular flexibility index (Phi) is 4.72. The van der Waals surface area contributed by atoms with E-state index >= 15 is 0 Å². The summed E-state index contributed by atoms with van der Waals surface area (Å²) in [7, 11) is 0. The molecule has 116 valence electrons. The lowest BCUT2D eigenvalue weighted by atomic mass is 10.1. The number of anilines is 1. The second-order valence-electron chi connectivity index (χ2n) is 5.74. The second kappa shape index (κ2) is 6.72. The van der Waals surface area contributed by atoms with Crippen molar-refractivity contribution in [3.63, 3.8) is 0 Å². The summed E-state index contributed by atoms with van der Waals surface area (Å²) in [6, 6.07) is -0.0196. The van der Waals surface area contributed by atoms with Gasteiger partial charge in [0.05, 0.1) is 18.9 Å². The minimum atomic E-state index is -0.0196. The van der Waals surface area contributed by atoms with Crippen molar-refractivity contribution in [1.29, 1.82) is 0 Å². The molecule has 1 aromatic rings. The third-order valence-electron chi connectivity index (χ3n) is 4.03. The van der Waals surface area contributed by atoms with Crippen LogP contribution in [0.4, 0.5) is 9.93 Å². The number of aryl methyl sites for hydroxylation is 1. The first-order valence-electron chi connectivity index (χ1n) is 7.49. The predicted octanol–water partition coefficient (Wildman–Crippen LogP) is 1.64. The number of urea groups is 1. The Hall–Kier alpha value is -1.18. The molecular weight excluding hydrogens is 288 g/mol. The van der Waals surface area contributed by atoms with Gasteiger partial charge in [-0.3, -0.25) is 10.2 Å². The molecule has 0 aliphatic carbocycles. The van der Waals surface area contributed by atoms with Crippen LogP contribution < -0.4 is 5.32 Å².